The summed E-state index contributed by atoms with van der Waals surface area (Å²) in [5, 5.41) is 3.28. The van der Waals surface area contributed by atoms with E-state index in [1.165, 1.54) is 0 Å². The smallest absolute Gasteiger partial charge is 0.262 e. The van der Waals surface area contributed by atoms with Gasteiger partial charge in [-0.25, -0.2) is 0 Å². The van der Waals surface area contributed by atoms with E-state index in [-0.39, 0.29) is 11.5 Å². The second-order valence-corrected chi connectivity index (χ2v) is 7.03. The van der Waals surface area contributed by atoms with E-state index in [1.807, 2.05) is 30.3 Å². The van der Waals surface area contributed by atoms with Gasteiger partial charge in [0.15, 0.2) is 4.77 Å². The zero-order valence-electron chi connectivity index (χ0n) is 15.6. The fourth-order valence-corrected chi connectivity index (χ4v) is 3.45. The molecule has 1 amide bonds. The highest BCUT2D eigenvalue weighted by Gasteiger charge is 2.11. The van der Waals surface area contributed by atoms with Gasteiger partial charge in [0.1, 0.15) is 5.76 Å². The van der Waals surface area contributed by atoms with Crippen molar-refractivity contribution in [2.24, 2.45) is 0 Å². The van der Waals surface area contributed by atoms with Gasteiger partial charge in [-0.15, -0.1) is 0 Å². The Morgan fingerprint density at radius 2 is 1.93 bits per heavy atom. The molecule has 0 radical (unpaired) electrons. The third kappa shape index (κ3) is 4.20. The van der Waals surface area contributed by atoms with Crippen molar-refractivity contribution in [1.29, 1.82) is 0 Å². The number of hydrogen-bond acceptors (Lipinski definition) is 4. The first-order valence-corrected chi connectivity index (χ1v) is 9.64. The molecule has 2 aromatic heterocycles. The standard InChI is InChI=1S/C22H19N3O3S/c26-20(23-14-17-7-4-12-28-17)16-8-9-18-19(13-16)24-22(29)25(21(18)27)11-10-15-5-2-1-3-6-15/h1-9,12-13H,10-11,14H2,(H,23,26)(H,24,29). The Balaban J connectivity index is 1.57. The van der Waals surface area contributed by atoms with E-state index in [4.69, 9.17) is 16.6 Å². The summed E-state index contributed by atoms with van der Waals surface area (Å²) in [4.78, 5) is 28.4. The summed E-state index contributed by atoms with van der Waals surface area (Å²) in [5.74, 6) is 0.413. The second kappa shape index (κ2) is 8.28. The molecule has 0 aliphatic rings. The summed E-state index contributed by atoms with van der Waals surface area (Å²) in [6, 6.07) is 18.4. The van der Waals surface area contributed by atoms with Crippen molar-refractivity contribution >= 4 is 29.0 Å². The van der Waals surface area contributed by atoms with Crippen LogP contribution in [0.25, 0.3) is 10.9 Å². The Morgan fingerprint density at radius 1 is 1.10 bits per heavy atom. The van der Waals surface area contributed by atoms with Crippen molar-refractivity contribution in [2.45, 2.75) is 19.5 Å². The number of H-pyrrole nitrogens is 1. The van der Waals surface area contributed by atoms with Crippen LogP contribution >= 0.6 is 12.2 Å². The van der Waals surface area contributed by atoms with Crippen LogP contribution in [0.1, 0.15) is 21.7 Å². The number of carbonyl (C=O) groups excluding carboxylic acids is 1. The lowest BCUT2D eigenvalue weighted by molar-refractivity contribution is 0.0948. The van der Waals surface area contributed by atoms with Gasteiger partial charge in [-0.1, -0.05) is 30.3 Å². The van der Waals surface area contributed by atoms with E-state index in [2.05, 4.69) is 10.3 Å². The molecular weight excluding hydrogens is 386 g/mol. The third-order valence-electron chi connectivity index (χ3n) is 4.71. The van der Waals surface area contributed by atoms with Crippen molar-refractivity contribution in [1.82, 2.24) is 14.9 Å². The molecule has 7 heteroatoms. The van der Waals surface area contributed by atoms with Gasteiger partial charge in [0.25, 0.3) is 11.5 Å². The van der Waals surface area contributed by atoms with Crippen LogP contribution in [-0.4, -0.2) is 15.5 Å². The van der Waals surface area contributed by atoms with Gasteiger partial charge in [-0.05, 0) is 54.5 Å². The molecule has 2 N–H and O–H groups in total. The van der Waals surface area contributed by atoms with Crippen LogP contribution in [0.4, 0.5) is 0 Å². The fraction of sp³-hybridized carbons (Fsp3) is 0.136. The molecule has 0 bridgehead atoms. The minimum atomic E-state index is -0.254. The highest BCUT2D eigenvalue weighted by molar-refractivity contribution is 7.71. The number of nitrogens with zero attached hydrogens (tertiary/aromatic N) is 1. The minimum Gasteiger partial charge on any atom is -0.467 e. The number of aromatic amines is 1. The predicted octanol–water partition coefficient (Wildman–Crippen LogP) is 3.82. The molecule has 146 valence electrons. The molecule has 2 aromatic carbocycles. The van der Waals surface area contributed by atoms with Gasteiger partial charge >= 0.3 is 0 Å². The average molecular weight is 405 g/mol. The summed E-state index contributed by atoms with van der Waals surface area (Å²) in [6.45, 7) is 0.778. The van der Waals surface area contributed by atoms with E-state index >= 15 is 0 Å². The van der Waals surface area contributed by atoms with Crippen molar-refractivity contribution in [3.05, 3.63) is 98.9 Å². The van der Waals surface area contributed by atoms with Gasteiger partial charge in [0.2, 0.25) is 0 Å². The Kier molecular flexibility index (Phi) is 5.39. The van der Waals surface area contributed by atoms with Gasteiger partial charge in [0, 0.05) is 12.1 Å². The van der Waals surface area contributed by atoms with Crippen molar-refractivity contribution in [3.8, 4) is 0 Å². The Morgan fingerprint density at radius 3 is 2.69 bits per heavy atom. The quantitative estimate of drug-likeness (QED) is 0.478. The van der Waals surface area contributed by atoms with Gasteiger partial charge in [-0.2, -0.15) is 0 Å². The lowest BCUT2D eigenvalue weighted by Crippen LogP contribution is -2.25. The van der Waals surface area contributed by atoms with Crippen LogP contribution in [-0.2, 0) is 19.5 Å². The zero-order valence-corrected chi connectivity index (χ0v) is 16.4. The number of furan rings is 1. The van der Waals surface area contributed by atoms with Gasteiger partial charge < -0.3 is 14.7 Å². The van der Waals surface area contributed by atoms with Gasteiger partial charge in [0.05, 0.1) is 23.7 Å². The van der Waals surface area contributed by atoms with Crippen LogP contribution < -0.4 is 10.9 Å². The number of amides is 1. The topological polar surface area (TPSA) is 80.0 Å². The average Bonchev–Trinajstić information content (AvgIpc) is 3.26. The van der Waals surface area contributed by atoms with E-state index in [1.54, 1.807) is 41.2 Å². The fourth-order valence-electron chi connectivity index (χ4n) is 3.17. The van der Waals surface area contributed by atoms with E-state index in [0.717, 1.165) is 5.56 Å². The van der Waals surface area contributed by atoms with Crippen LogP contribution in [0.15, 0.2) is 76.1 Å². The van der Waals surface area contributed by atoms with Crippen molar-refractivity contribution in [3.63, 3.8) is 0 Å². The first-order chi connectivity index (χ1) is 14.1. The maximum Gasteiger partial charge on any atom is 0.262 e. The summed E-state index contributed by atoms with van der Waals surface area (Å²) in [5.41, 5.74) is 1.96. The highest BCUT2D eigenvalue weighted by atomic mass is 32.1. The molecule has 4 rings (SSSR count). The zero-order chi connectivity index (χ0) is 20.2. The van der Waals surface area contributed by atoms with E-state index in [9.17, 15) is 9.59 Å². The van der Waals surface area contributed by atoms with Crippen LogP contribution in [0.2, 0.25) is 0 Å². The van der Waals surface area contributed by atoms with Crippen LogP contribution in [0.3, 0.4) is 0 Å². The Hall–Kier alpha value is -3.45. The number of nitrogens with one attached hydrogen (secondary N) is 2. The number of aromatic nitrogens is 2. The highest BCUT2D eigenvalue weighted by Crippen LogP contribution is 2.12. The molecule has 0 aliphatic carbocycles. The molecule has 0 fully saturated rings. The molecule has 2 heterocycles. The first kappa shape index (κ1) is 18.9. The lowest BCUT2D eigenvalue weighted by Gasteiger charge is -2.09. The summed E-state index contributed by atoms with van der Waals surface area (Å²) < 4.78 is 7.11. The number of rotatable bonds is 6. The molecule has 0 atom stereocenters. The predicted molar refractivity (Wildman–Crippen MR) is 113 cm³/mol. The molecule has 0 spiro atoms. The number of hydrogen-bond donors (Lipinski definition) is 2. The van der Waals surface area contributed by atoms with Crippen molar-refractivity contribution in [2.75, 3.05) is 0 Å². The molecular formula is C22H19N3O3S. The van der Waals surface area contributed by atoms with Crippen LogP contribution in [0, 0.1) is 4.77 Å². The molecule has 29 heavy (non-hydrogen) atoms. The van der Waals surface area contributed by atoms with E-state index in [0.29, 0.717) is 46.5 Å². The molecule has 0 saturated heterocycles. The first-order valence-electron chi connectivity index (χ1n) is 9.23. The lowest BCUT2D eigenvalue weighted by atomic mass is 10.1. The minimum absolute atomic E-state index is 0.165. The monoisotopic (exact) mass is 405 g/mol. The SMILES string of the molecule is O=C(NCc1ccco1)c1ccc2c(=O)n(CCc3ccccc3)c(=S)[nH]c2c1. The Bertz CT molecular complexity index is 1260. The maximum absolute atomic E-state index is 12.9. The van der Waals surface area contributed by atoms with Crippen molar-refractivity contribution < 1.29 is 9.21 Å². The number of aryl methyl sites for hydroxylation is 1. The van der Waals surface area contributed by atoms with Gasteiger partial charge in [-0.3, -0.25) is 14.2 Å². The Labute approximate surface area is 171 Å². The number of benzene rings is 2. The summed E-state index contributed by atoms with van der Waals surface area (Å²) >= 11 is 5.39. The normalized spacial score (nSPS) is 10.9. The maximum atomic E-state index is 12.9. The van der Waals surface area contributed by atoms with E-state index < -0.39 is 0 Å². The molecule has 6 nitrogen and oxygen atoms in total. The number of carbonyl (C=O) groups is 1. The third-order valence-corrected chi connectivity index (χ3v) is 5.04. The number of fused-ring (bicyclic) bond motifs is 1. The molecule has 0 saturated carbocycles. The molecule has 0 aliphatic heterocycles. The molecule has 4 aromatic rings. The summed E-state index contributed by atoms with van der Waals surface area (Å²) in [7, 11) is 0. The second-order valence-electron chi connectivity index (χ2n) is 6.64. The summed E-state index contributed by atoms with van der Waals surface area (Å²) in [6.07, 6.45) is 2.26. The largest absolute Gasteiger partial charge is 0.467 e. The molecule has 0 unspecified atom stereocenters. The van der Waals surface area contributed by atoms with Crippen LogP contribution in [0.5, 0.6) is 0 Å².